The summed E-state index contributed by atoms with van der Waals surface area (Å²) in [7, 11) is 0. The zero-order chi connectivity index (χ0) is 10.7. The molecule has 2 rings (SSSR count). The van der Waals surface area contributed by atoms with Crippen molar-refractivity contribution in [3.8, 4) is 0 Å². The third kappa shape index (κ3) is 2.93. The zero-order valence-corrected chi connectivity index (χ0v) is 8.89. The summed E-state index contributed by atoms with van der Waals surface area (Å²) < 4.78 is 0. The lowest BCUT2D eigenvalue weighted by molar-refractivity contribution is 0.139. The Morgan fingerprint density at radius 1 is 1.53 bits per heavy atom. The van der Waals surface area contributed by atoms with E-state index in [1.807, 2.05) is 12.1 Å². The number of nitrogens with two attached hydrogens (primary N) is 1. The van der Waals surface area contributed by atoms with Gasteiger partial charge in [-0.2, -0.15) is 0 Å². The van der Waals surface area contributed by atoms with Crippen molar-refractivity contribution in [2.24, 2.45) is 5.92 Å². The number of rotatable bonds is 5. The molecule has 1 aromatic heterocycles. The van der Waals surface area contributed by atoms with Gasteiger partial charge in [0.2, 0.25) is 0 Å². The third-order valence-corrected chi connectivity index (χ3v) is 3.04. The van der Waals surface area contributed by atoms with Gasteiger partial charge in [-0.3, -0.25) is 0 Å². The molecule has 0 bridgehead atoms. The molecule has 1 aromatic rings. The highest BCUT2D eigenvalue weighted by Crippen LogP contribution is 2.34. The Hall–Kier alpha value is -1.09. The van der Waals surface area contributed by atoms with Gasteiger partial charge in [0, 0.05) is 6.20 Å². The maximum absolute atomic E-state index is 9.69. The van der Waals surface area contributed by atoms with E-state index in [4.69, 9.17) is 5.73 Å². The number of anilines is 1. The Labute approximate surface area is 90.3 Å². The summed E-state index contributed by atoms with van der Waals surface area (Å²) in [6, 6.07) is 3.91. The molecule has 0 spiro atoms. The molecule has 1 aliphatic carbocycles. The van der Waals surface area contributed by atoms with Crippen molar-refractivity contribution in [3.63, 3.8) is 0 Å². The van der Waals surface area contributed by atoms with Crippen LogP contribution in [0.5, 0.6) is 0 Å². The number of nitrogens with zero attached hydrogens (tertiary/aromatic N) is 1. The quantitative estimate of drug-likeness (QED) is 0.771. The van der Waals surface area contributed by atoms with Crippen LogP contribution in [0.15, 0.2) is 18.3 Å². The summed E-state index contributed by atoms with van der Waals surface area (Å²) >= 11 is 0. The second-order valence-corrected chi connectivity index (χ2v) is 4.34. The molecular weight excluding hydrogens is 188 g/mol. The van der Waals surface area contributed by atoms with Crippen molar-refractivity contribution in [2.75, 3.05) is 5.73 Å². The van der Waals surface area contributed by atoms with Gasteiger partial charge in [-0.25, -0.2) is 4.98 Å². The second kappa shape index (κ2) is 4.62. The minimum Gasteiger partial charge on any atom is -0.393 e. The van der Waals surface area contributed by atoms with E-state index in [1.165, 1.54) is 12.8 Å². The molecule has 15 heavy (non-hydrogen) atoms. The van der Waals surface area contributed by atoms with Gasteiger partial charge in [-0.1, -0.05) is 6.07 Å². The molecule has 1 fully saturated rings. The van der Waals surface area contributed by atoms with E-state index in [0.29, 0.717) is 11.7 Å². The summed E-state index contributed by atoms with van der Waals surface area (Å²) in [5.41, 5.74) is 6.83. The lowest BCUT2D eigenvalue weighted by Crippen LogP contribution is -2.09. The van der Waals surface area contributed by atoms with E-state index in [0.717, 1.165) is 24.8 Å². The van der Waals surface area contributed by atoms with Crippen molar-refractivity contribution in [1.29, 1.82) is 0 Å². The average molecular weight is 206 g/mol. The SMILES string of the molecule is Nc1ncccc1CCCC(O)C1CC1. The number of aryl methyl sites for hydroxylation is 1. The van der Waals surface area contributed by atoms with Crippen LogP contribution in [-0.2, 0) is 6.42 Å². The molecule has 0 saturated heterocycles. The molecule has 3 heteroatoms. The molecule has 82 valence electrons. The van der Waals surface area contributed by atoms with Crippen LogP contribution in [0.25, 0.3) is 0 Å². The zero-order valence-electron chi connectivity index (χ0n) is 8.89. The van der Waals surface area contributed by atoms with Crippen LogP contribution in [0.4, 0.5) is 5.82 Å². The monoisotopic (exact) mass is 206 g/mol. The standard InChI is InChI=1S/C12H18N2O/c13-12-10(4-2-8-14-12)3-1-5-11(15)9-6-7-9/h2,4,8-9,11,15H,1,3,5-7H2,(H2,13,14). The van der Waals surface area contributed by atoms with Gasteiger partial charge in [0.15, 0.2) is 0 Å². The highest BCUT2D eigenvalue weighted by Gasteiger charge is 2.28. The molecule has 0 aliphatic heterocycles. The Balaban J connectivity index is 1.75. The summed E-state index contributed by atoms with van der Waals surface area (Å²) in [5.74, 6) is 1.20. The minimum absolute atomic E-state index is 0.0945. The van der Waals surface area contributed by atoms with Crippen LogP contribution in [0.2, 0.25) is 0 Å². The van der Waals surface area contributed by atoms with Gasteiger partial charge in [-0.15, -0.1) is 0 Å². The summed E-state index contributed by atoms with van der Waals surface area (Å²) in [6.45, 7) is 0. The first-order valence-electron chi connectivity index (χ1n) is 5.65. The average Bonchev–Trinajstić information content (AvgIpc) is 3.04. The molecule has 1 unspecified atom stereocenters. The van der Waals surface area contributed by atoms with Crippen molar-refractivity contribution in [3.05, 3.63) is 23.9 Å². The topological polar surface area (TPSA) is 59.1 Å². The number of aromatic nitrogens is 1. The fourth-order valence-corrected chi connectivity index (χ4v) is 1.88. The molecule has 0 amide bonds. The fourth-order valence-electron chi connectivity index (χ4n) is 1.88. The third-order valence-electron chi connectivity index (χ3n) is 3.04. The number of pyridine rings is 1. The second-order valence-electron chi connectivity index (χ2n) is 4.34. The van der Waals surface area contributed by atoms with Gasteiger partial charge < -0.3 is 10.8 Å². The number of aliphatic hydroxyl groups is 1. The molecule has 1 aliphatic rings. The number of nitrogen functional groups attached to an aromatic ring is 1. The van der Waals surface area contributed by atoms with Crippen LogP contribution in [-0.4, -0.2) is 16.2 Å². The van der Waals surface area contributed by atoms with Crippen molar-refractivity contribution in [1.82, 2.24) is 4.98 Å². The number of hydrogen-bond acceptors (Lipinski definition) is 3. The van der Waals surface area contributed by atoms with Crippen LogP contribution in [0.1, 0.15) is 31.2 Å². The van der Waals surface area contributed by atoms with E-state index in [-0.39, 0.29) is 6.10 Å². The highest BCUT2D eigenvalue weighted by molar-refractivity contribution is 5.38. The van der Waals surface area contributed by atoms with Gasteiger partial charge in [0.1, 0.15) is 5.82 Å². The Kier molecular flexibility index (Phi) is 3.21. The Morgan fingerprint density at radius 2 is 2.33 bits per heavy atom. The normalized spacial score (nSPS) is 17.7. The van der Waals surface area contributed by atoms with Gasteiger partial charge in [0.25, 0.3) is 0 Å². The predicted molar refractivity (Wildman–Crippen MR) is 60.3 cm³/mol. The largest absolute Gasteiger partial charge is 0.393 e. The molecule has 3 nitrogen and oxygen atoms in total. The maximum Gasteiger partial charge on any atom is 0.126 e. The van der Waals surface area contributed by atoms with E-state index in [1.54, 1.807) is 6.20 Å². The van der Waals surface area contributed by atoms with Crippen LogP contribution in [0.3, 0.4) is 0 Å². The minimum atomic E-state index is -0.0945. The van der Waals surface area contributed by atoms with Crippen LogP contribution in [0, 0.1) is 5.92 Å². The van der Waals surface area contributed by atoms with Crippen molar-refractivity contribution in [2.45, 2.75) is 38.2 Å². The molecule has 1 heterocycles. The van der Waals surface area contributed by atoms with Crippen molar-refractivity contribution < 1.29 is 5.11 Å². The van der Waals surface area contributed by atoms with Gasteiger partial charge in [0.05, 0.1) is 6.10 Å². The lowest BCUT2D eigenvalue weighted by atomic mass is 10.0. The van der Waals surface area contributed by atoms with E-state index in [2.05, 4.69) is 4.98 Å². The Bertz CT molecular complexity index is 323. The van der Waals surface area contributed by atoms with E-state index < -0.39 is 0 Å². The van der Waals surface area contributed by atoms with E-state index in [9.17, 15) is 5.11 Å². The van der Waals surface area contributed by atoms with Gasteiger partial charge >= 0.3 is 0 Å². The molecule has 0 aromatic carbocycles. The first-order valence-corrected chi connectivity index (χ1v) is 5.65. The maximum atomic E-state index is 9.69. The predicted octanol–water partition coefficient (Wildman–Crippen LogP) is 1.76. The van der Waals surface area contributed by atoms with E-state index >= 15 is 0 Å². The summed E-state index contributed by atoms with van der Waals surface area (Å²) in [6.07, 6.45) is 6.82. The number of hydrogen-bond donors (Lipinski definition) is 2. The molecule has 0 radical (unpaired) electrons. The number of aliphatic hydroxyl groups excluding tert-OH is 1. The molecule has 1 saturated carbocycles. The van der Waals surface area contributed by atoms with Crippen LogP contribution < -0.4 is 5.73 Å². The van der Waals surface area contributed by atoms with Gasteiger partial charge in [-0.05, 0) is 49.7 Å². The molecular formula is C12H18N2O. The summed E-state index contributed by atoms with van der Waals surface area (Å²) in [4.78, 5) is 4.04. The Morgan fingerprint density at radius 3 is 3.00 bits per heavy atom. The molecule has 3 N–H and O–H groups in total. The smallest absolute Gasteiger partial charge is 0.126 e. The first-order chi connectivity index (χ1) is 7.27. The lowest BCUT2D eigenvalue weighted by Gasteiger charge is -2.09. The fraction of sp³-hybridized carbons (Fsp3) is 0.583. The first kappa shape index (κ1) is 10.4. The highest BCUT2D eigenvalue weighted by atomic mass is 16.3. The summed E-state index contributed by atoms with van der Waals surface area (Å²) in [5, 5.41) is 9.69. The molecule has 1 atom stereocenters. The van der Waals surface area contributed by atoms with Crippen LogP contribution >= 0.6 is 0 Å². The van der Waals surface area contributed by atoms with Crippen molar-refractivity contribution >= 4 is 5.82 Å².